The van der Waals surface area contributed by atoms with E-state index in [1.165, 1.54) is 12.8 Å². The van der Waals surface area contributed by atoms with Crippen molar-refractivity contribution in [1.29, 1.82) is 0 Å². The molecule has 1 atom stereocenters. The molecule has 1 N–H and O–H groups in total. The highest BCUT2D eigenvalue weighted by Gasteiger charge is 2.23. The fourth-order valence-corrected chi connectivity index (χ4v) is 3.30. The second-order valence-corrected chi connectivity index (χ2v) is 6.81. The Hall–Kier alpha value is -1.75. The molecule has 134 valence electrons. The Morgan fingerprint density at radius 3 is 2.42 bits per heavy atom. The Morgan fingerprint density at radius 1 is 1.17 bits per heavy atom. The van der Waals surface area contributed by atoms with Crippen LogP contribution in [-0.2, 0) is 0 Å². The van der Waals surface area contributed by atoms with E-state index < -0.39 is 0 Å². The molecule has 1 heterocycles. The Morgan fingerprint density at radius 2 is 1.83 bits per heavy atom. The summed E-state index contributed by atoms with van der Waals surface area (Å²) < 4.78 is 10.5. The SMILES string of the molecule is COc1ccc(C(=O)NCC(CC(C)C)N2CCCC2)cc1OC. The molecule has 1 aliphatic heterocycles. The average molecular weight is 334 g/mol. The maximum absolute atomic E-state index is 12.5. The van der Waals surface area contributed by atoms with Gasteiger partial charge in [0.05, 0.1) is 14.2 Å². The smallest absolute Gasteiger partial charge is 0.251 e. The summed E-state index contributed by atoms with van der Waals surface area (Å²) in [5.74, 6) is 1.75. The lowest BCUT2D eigenvalue weighted by atomic mass is 10.0. The van der Waals surface area contributed by atoms with Crippen LogP contribution in [0.15, 0.2) is 18.2 Å². The number of amides is 1. The number of carbonyl (C=O) groups excluding carboxylic acids is 1. The van der Waals surface area contributed by atoms with E-state index in [0.717, 1.165) is 19.5 Å². The minimum Gasteiger partial charge on any atom is -0.493 e. The van der Waals surface area contributed by atoms with E-state index >= 15 is 0 Å². The second kappa shape index (κ2) is 8.92. The summed E-state index contributed by atoms with van der Waals surface area (Å²) in [6, 6.07) is 5.67. The first-order chi connectivity index (χ1) is 11.5. The molecule has 1 amide bonds. The molecular formula is C19H30N2O3. The minimum absolute atomic E-state index is 0.0658. The molecule has 5 heteroatoms. The Bertz CT molecular complexity index is 539. The fourth-order valence-electron chi connectivity index (χ4n) is 3.30. The van der Waals surface area contributed by atoms with Gasteiger partial charge in [0, 0.05) is 18.2 Å². The average Bonchev–Trinajstić information content (AvgIpc) is 3.11. The van der Waals surface area contributed by atoms with Crippen molar-refractivity contribution in [1.82, 2.24) is 10.2 Å². The van der Waals surface area contributed by atoms with Gasteiger partial charge in [0.2, 0.25) is 0 Å². The second-order valence-electron chi connectivity index (χ2n) is 6.81. The zero-order chi connectivity index (χ0) is 17.5. The van der Waals surface area contributed by atoms with Gasteiger partial charge in [-0.3, -0.25) is 9.69 Å². The van der Waals surface area contributed by atoms with Crippen LogP contribution in [0.5, 0.6) is 11.5 Å². The first-order valence-corrected chi connectivity index (χ1v) is 8.79. The van der Waals surface area contributed by atoms with E-state index in [-0.39, 0.29) is 5.91 Å². The van der Waals surface area contributed by atoms with Crippen LogP contribution in [0.4, 0.5) is 0 Å². The van der Waals surface area contributed by atoms with E-state index in [9.17, 15) is 4.79 Å². The van der Waals surface area contributed by atoms with Crippen molar-refractivity contribution in [3.63, 3.8) is 0 Å². The van der Waals surface area contributed by atoms with E-state index in [4.69, 9.17) is 9.47 Å². The summed E-state index contributed by atoms with van der Waals surface area (Å²) in [5, 5.41) is 3.09. The third kappa shape index (κ3) is 4.87. The van der Waals surface area contributed by atoms with Crippen molar-refractivity contribution in [2.24, 2.45) is 5.92 Å². The lowest BCUT2D eigenvalue weighted by Gasteiger charge is -2.29. The maximum Gasteiger partial charge on any atom is 0.251 e. The summed E-state index contributed by atoms with van der Waals surface area (Å²) in [6.07, 6.45) is 3.63. The predicted octanol–water partition coefficient (Wildman–Crippen LogP) is 2.94. The van der Waals surface area contributed by atoms with Crippen molar-refractivity contribution < 1.29 is 14.3 Å². The van der Waals surface area contributed by atoms with Gasteiger partial charge in [-0.2, -0.15) is 0 Å². The van der Waals surface area contributed by atoms with E-state index in [1.807, 2.05) is 0 Å². The molecule has 1 unspecified atom stereocenters. The third-order valence-corrected chi connectivity index (χ3v) is 4.54. The van der Waals surface area contributed by atoms with E-state index in [1.54, 1.807) is 32.4 Å². The topological polar surface area (TPSA) is 50.8 Å². The van der Waals surface area contributed by atoms with Gasteiger partial charge in [-0.25, -0.2) is 0 Å². The molecule has 0 bridgehead atoms. The van der Waals surface area contributed by atoms with Crippen LogP contribution in [0, 0.1) is 5.92 Å². The van der Waals surface area contributed by atoms with Crippen molar-refractivity contribution in [3.05, 3.63) is 23.8 Å². The lowest BCUT2D eigenvalue weighted by Crippen LogP contribution is -2.43. The predicted molar refractivity (Wildman–Crippen MR) is 95.9 cm³/mol. The molecular weight excluding hydrogens is 304 g/mol. The largest absolute Gasteiger partial charge is 0.493 e. The summed E-state index contributed by atoms with van der Waals surface area (Å²) in [7, 11) is 3.16. The van der Waals surface area contributed by atoms with Gasteiger partial charge >= 0.3 is 0 Å². The van der Waals surface area contributed by atoms with Crippen LogP contribution >= 0.6 is 0 Å². The highest BCUT2D eigenvalue weighted by Crippen LogP contribution is 2.27. The summed E-state index contributed by atoms with van der Waals surface area (Å²) >= 11 is 0. The van der Waals surface area contributed by atoms with Crippen molar-refractivity contribution in [2.45, 2.75) is 39.2 Å². The highest BCUT2D eigenvalue weighted by atomic mass is 16.5. The number of carbonyl (C=O) groups is 1. The number of nitrogens with zero attached hydrogens (tertiary/aromatic N) is 1. The summed E-state index contributed by atoms with van der Waals surface area (Å²) in [4.78, 5) is 15.0. The van der Waals surface area contributed by atoms with Gasteiger partial charge in [-0.15, -0.1) is 0 Å². The molecule has 0 spiro atoms. The molecule has 0 aliphatic carbocycles. The van der Waals surface area contributed by atoms with E-state index in [0.29, 0.717) is 35.6 Å². The first-order valence-electron chi connectivity index (χ1n) is 8.79. The number of nitrogens with one attached hydrogen (secondary N) is 1. The van der Waals surface area contributed by atoms with Gasteiger partial charge < -0.3 is 14.8 Å². The monoisotopic (exact) mass is 334 g/mol. The van der Waals surface area contributed by atoms with Gasteiger partial charge in [0.15, 0.2) is 11.5 Å². The lowest BCUT2D eigenvalue weighted by molar-refractivity contribution is 0.0932. The normalized spacial score (nSPS) is 16.2. The third-order valence-electron chi connectivity index (χ3n) is 4.54. The molecule has 1 aromatic carbocycles. The quantitative estimate of drug-likeness (QED) is 0.794. The van der Waals surface area contributed by atoms with Gasteiger partial charge in [-0.05, 0) is 56.5 Å². The standard InChI is InChI=1S/C19H30N2O3/c1-14(2)11-16(21-9-5-6-10-21)13-20-19(22)15-7-8-17(23-3)18(12-15)24-4/h7-8,12,14,16H,5-6,9-11,13H2,1-4H3,(H,20,22). The van der Waals surface area contributed by atoms with Gasteiger partial charge in [0.1, 0.15) is 0 Å². The van der Waals surface area contributed by atoms with Crippen LogP contribution in [0.25, 0.3) is 0 Å². The number of methoxy groups -OCH3 is 2. The molecule has 1 aliphatic rings. The number of ether oxygens (including phenoxy) is 2. The van der Waals surface area contributed by atoms with Crippen LogP contribution in [-0.4, -0.2) is 50.7 Å². The van der Waals surface area contributed by atoms with Crippen molar-refractivity contribution in [3.8, 4) is 11.5 Å². The molecule has 1 saturated heterocycles. The molecule has 1 aromatic rings. The molecule has 1 fully saturated rings. The highest BCUT2D eigenvalue weighted by molar-refractivity contribution is 5.94. The van der Waals surface area contributed by atoms with E-state index in [2.05, 4.69) is 24.1 Å². The van der Waals surface area contributed by atoms with Crippen LogP contribution in [0.1, 0.15) is 43.5 Å². The van der Waals surface area contributed by atoms with Crippen LogP contribution < -0.4 is 14.8 Å². The number of benzene rings is 1. The zero-order valence-corrected chi connectivity index (χ0v) is 15.3. The summed E-state index contributed by atoms with van der Waals surface area (Å²) in [6.45, 7) is 7.44. The number of likely N-dealkylation sites (tertiary alicyclic amines) is 1. The molecule has 0 saturated carbocycles. The van der Waals surface area contributed by atoms with Crippen LogP contribution in [0.2, 0.25) is 0 Å². The Kier molecular flexibility index (Phi) is 6.91. The molecule has 24 heavy (non-hydrogen) atoms. The fraction of sp³-hybridized carbons (Fsp3) is 0.632. The minimum atomic E-state index is -0.0658. The summed E-state index contributed by atoms with van der Waals surface area (Å²) in [5.41, 5.74) is 0.595. The molecule has 0 aromatic heterocycles. The number of rotatable bonds is 8. The number of hydrogen-bond acceptors (Lipinski definition) is 4. The zero-order valence-electron chi connectivity index (χ0n) is 15.3. The Labute approximate surface area is 145 Å². The maximum atomic E-state index is 12.5. The molecule has 0 radical (unpaired) electrons. The molecule has 5 nitrogen and oxygen atoms in total. The van der Waals surface area contributed by atoms with Crippen LogP contribution in [0.3, 0.4) is 0 Å². The Balaban J connectivity index is 1.99. The van der Waals surface area contributed by atoms with Crippen molar-refractivity contribution in [2.75, 3.05) is 33.9 Å². The van der Waals surface area contributed by atoms with Gasteiger partial charge in [-0.1, -0.05) is 13.8 Å². The van der Waals surface area contributed by atoms with Crippen molar-refractivity contribution >= 4 is 5.91 Å². The van der Waals surface area contributed by atoms with Gasteiger partial charge in [0.25, 0.3) is 5.91 Å². The number of hydrogen-bond donors (Lipinski definition) is 1. The molecule has 2 rings (SSSR count). The first kappa shape index (κ1) is 18.6.